The highest BCUT2D eigenvalue weighted by molar-refractivity contribution is 5.83. The van der Waals surface area contributed by atoms with Crippen LogP contribution in [0.5, 0.6) is 0 Å². The molecular formula is C20H21FN4O. The van der Waals surface area contributed by atoms with Gasteiger partial charge in [0.1, 0.15) is 11.6 Å². The highest BCUT2D eigenvalue weighted by Crippen LogP contribution is 2.25. The van der Waals surface area contributed by atoms with Crippen LogP contribution in [0, 0.1) is 12.7 Å². The first kappa shape index (κ1) is 16.7. The van der Waals surface area contributed by atoms with Gasteiger partial charge in [0.05, 0.1) is 16.6 Å². The lowest BCUT2D eigenvalue weighted by molar-refractivity contribution is 0.312. The van der Waals surface area contributed by atoms with Crippen molar-refractivity contribution >= 4 is 16.6 Å². The van der Waals surface area contributed by atoms with Gasteiger partial charge < -0.3 is 14.8 Å². The van der Waals surface area contributed by atoms with Crippen molar-refractivity contribution in [2.45, 2.75) is 6.92 Å². The van der Waals surface area contributed by atoms with E-state index in [0.717, 1.165) is 37.3 Å². The zero-order chi connectivity index (χ0) is 18.3. The van der Waals surface area contributed by atoms with Crippen LogP contribution in [0.25, 0.3) is 22.3 Å². The van der Waals surface area contributed by atoms with Gasteiger partial charge in [-0.05, 0) is 20.0 Å². The molecule has 2 heterocycles. The fourth-order valence-electron chi connectivity index (χ4n) is 3.29. The normalized spacial score (nSPS) is 15.6. The average Bonchev–Trinajstić information content (AvgIpc) is 2.62. The number of hydrogen-bond acceptors (Lipinski definition) is 4. The predicted molar refractivity (Wildman–Crippen MR) is 102 cm³/mol. The predicted octanol–water partition coefficient (Wildman–Crippen LogP) is 2.79. The van der Waals surface area contributed by atoms with E-state index in [0.29, 0.717) is 22.4 Å². The van der Waals surface area contributed by atoms with Crippen molar-refractivity contribution in [2.24, 2.45) is 0 Å². The standard InChI is InChI=1S/C20H21FN4O/c1-13-3-5-14(6-4-13)19-22-17-12-16(21)18(11-15(17)20(26)23-19)25-9-7-24(2)8-10-25/h3-6,11-12H,7-10H2,1-2H3,(H,22,23,26). The van der Waals surface area contributed by atoms with E-state index in [1.165, 1.54) is 6.07 Å². The third-order valence-electron chi connectivity index (χ3n) is 4.94. The number of benzene rings is 2. The molecule has 4 rings (SSSR count). The number of fused-ring (bicyclic) bond motifs is 1. The fourth-order valence-corrected chi connectivity index (χ4v) is 3.29. The van der Waals surface area contributed by atoms with E-state index in [1.54, 1.807) is 6.07 Å². The SMILES string of the molecule is Cc1ccc(-c2nc3cc(F)c(N4CCN(C)CC4)cc3c(=O)[nH]2)cc1. The number of halogens is 1. The van der Waals surface area contributed by atoms with Crippen molar-refractivity contribution in [1.82, 2.24) is 14.9 Å². The van der Waals surface area contributed by atoms with Crippen molar-refractivity contribution in [3.63, 3.8) is 0 Å². The molecule has 0 bridgehead atoms. The van der Waals surface area contributed by atoms with Crippen LogP contribution < -0.4 is 10.5 Å². The van der Waals surface area contributed by atoms with Gasteiger partial charge in [-0.3, -0.25) is 4.79 Å². The third-order valence-corrected chi connectivity index (χ3v) is 4.94. The Hall–Kier alpha value is -2.73. The fraction of sp³-hybridized carbons (Fsp3) is 0.300. The van der Waals surface area contributed by atoms with Gasteiger partial charge in [0.15, 0.2) is 0 Å². The van der Waals surface area contributed by atoms with Gasteiger partial charge in [-0.15, -0.1) is 0 Å². The summed E-state index contributed by atoms with van der Waals surface area (Å²) in [6.07, 6.45) is 0. The number of aromatic nitrogens is 2. The maximum Gasteiger partial charge on any atom is 0.259 e. The summed E-state index contributed by atoms with van der Waals surface area (Å²) in [5.41, 5.74) is 2.53. The summed E-state index contributed by atoms with van der Waals surface area (Å²) in [6, 6.07) is 10.7. The molecular weight excluding hydrogens is 331 g/mol. The van der Waals surface area contributed by atoms with Gasteiger partial charge in [-0.1, -0.05) is 29.8 Å². The van der Waals surface area contributed by atoms with E-state index in [2.05, 4.69) is 21.9 Å². The van der Waals surface area contributed by atoms with Crippen molar-refractivity contribution in [3.8, 4) is 11.4 Å². The maximum atomic E-state index is 14.7. The lowest BCUT2D eigenvalue weighted by Gasteiger charge is -2.34. The van der Waals surface area contributed by atoms with E-state index >= 15 is 0 Å². The molecule has 0 atom stereocenters. The molecule has 0 radical (unpaired) electrons. The number of piperazine rings is 1. The number of anilines is 1. The molecule has 1 aliphatic rings. The van der Waals surface area contributed by atoms with E-state index in [4.69, 9.17) is 0 Å². The number of aryl methyl sites for hydroxylation is 1. The van der Waals surface area contributed by atoms with Crippen LogP contribution in [0.3, 0.4) is 0 Å². The second-order valence-electron chi connectivity index (χ2n) is 6.89. The summed E-state index contributed by atoms with van der Waals surface area (Å²) >= 11 is 0. The Kier molecular flexibility index (Phi) is 4.20. The van der Waals surface area contributed by atoms with Crippen LogP contribution in [0.1, 0.15) is 5.56 Å². The van der Waals surface area contributed by atoms with E-state index < -0.39 is 0 Å². The van der Waals surface area contributed by atoms with Crippen LogP contribution in [0.2, 0.25) is 0 Å². The number of nitrogens with zero attached hydrogens (tertiary/aromatic N) is 3. The first-order chi connectivity index (χ1) is 12.5. The van der Waals surface area contributed by atoms with Crippen LogP contribution in [0.15, 0.2) is 41.2 Å². The number of likely N-dealkylation sites (N-methyl/N-ethyl adjacent to an activating group) is 1. The summed E-state index contributed by atoms with van der Waals surface area (Å²) < 4.78 is 14.7. The zero-order valence-electron chi connectivity index (χ0n) is 14.9. The molecule has 3 aromatic rings. The Morgan fingerprint density at radius 1 is 1.08 bits per heavy atom. The molecule has 0 aliphatic carbocycles. The minimum absolute atomic E-state index is 0.249. The number of nitrogens with one attached hydrogen (secondary N) is 1. The second-order valence-corrected chi connectivity index (χ2v) is 6.89. The summed E-state index contributed by atoms with van der Waals surface area (Å²) in [7, 11) is 2.05. The summed E-state index contributed by atoms with van der Waals surface area (Å²) in [4.78, 5) is 24.1. The quantitative estimate of drug-likeness (QED) is 0.771. The lowest BCUT2D eigenvalue weighted by atomic mass is 10.1. The molecule has 1 aliphatic heterocycles. The van der Waals surface area contributed by atoms with Crippen LogP contribution in [0.4, 0.5) is 10.1 Å². The van der Waals surface area contributed by atoms with Crippen LogP contribution in [-0.2, 0) is 0 Å². The Morgan fingerprint density at radius 3 is 2.46 bits per heavy atom. The smallest absolute Gasteiger partial charge is 0.259 e. The van der Waals surface area contributed by atoms with Gasteiger partial charge >= 0.3 is 0 Å². The van der Waals surface area contributed by atoms with Crippen molar-refractivity contribution in [1.29, 1.82) is 0 Å². The van der Waals surface area contributed by atoms with E-state index in [9.17, 15) is 9.18 Å². The van der Waals surface area contributed by atoms with Crippen LogP contribution >= 0.6 is 0 Å². The monoisotopic (exact) mass is 352 g/mol. The zero-order valence-corrected chi connectivity index (χ0v) is 14.9. The molecule has 26 heavy (non-hydrogen) atoms. The summed E-state index contributed by atoms with van der Waals surface area (Å²) in [5.74, 6) is 0.115. The lowest BCUT2D eigenvalue weighted by Crippen LogP contribution is -2.44. The van der Waals surface area contributed by atoms with Gasteiger partial charge in [0, 0.05) is 37.8 Å². The molecule has 1 aromatic heterocycles. The van der Waals surface area contributed by atoms with Crippen molar-refractivity contribution < 1.29 is 4.39 Å². The molecule has 1 N–H and O–H groups in total. The van der Waals surface area contributed by atoms with E-state index in [-0.39, 0.29) is 11.4 Å². The van der Waals surface area contributed by atoms with Gasteiger partial charge in [0.25, 0.3) is 5.56 Å². The highest BCUT2D eigenvalue weighted by atomic mass is 19.1. The van der Waals surface area contributed by atoms with Gasteiger partial charge in [-0.2, -0.15) is 0 Å². The number of hydrogen-bond donors (Lipinski definition) is 1. The Bertz CT molecular complexity index is 1000. The minimum atomic E-state index is -0.338. The molecule has 1 fully saturated rings. The number of aromatic amines is 1. The summed E-state index contributed by atoms with van der Waals surface area (Å²) in [6.45, 7) is 5.23. The first-order valence-corrected chi connectivity index (χ1v) is 8.75. The molecule has 5 nitrogen and oxygen atoms in total. The Morgan fingerprint density at radius 2 is 1.77 bits per heavy atom. The van der Waals surface area contributed by atoms with E-state index in [1.807, 2.05) is 36.1 Å². The average molecular weight is 352 g/mol. The number of H-pyrrole nitrogens is 1. The maximum absolute atomic E-state index is 14.7. The summed E-state index contributed by atoms with van der Waals surface area (Å²) in [5, 5.41) is 0.413. The molecule has 134 valence electrons. The van der Waals surface area contributed by atoms with Crippen molar-refractivity contribution in [3.05, 3.63) is 58.1 Å². The largest absolute Gasteiger partial charge is 0.367 e. The molecule has 2 aromatic carbocycles. The molecule has 0 unspecified atom stereocenters. The molecule has 1 saturated heterocycles. The Labute approximate surface area is 151 Å². The number of rotatable bonds is 2. The highest BCUT2D eigenvalue weighted by Gasteiger charge is 2.19. The first-order valence-electron chi connectivity index (χ1n) is 8.75. The minimum Gasteiger partial charge on any atom is -0.367 e. The van der Waals surface area contributed by atoms with Crippen molar-refractivity contribution in [2.75, 3.05) is 38.1 Å². The van der Waals surface area contributed by atoms with Crippen LogP contribution in [-0.4, -0.2) is 48.1 Å². The van der Waals surface area contributed by atoms with Gasteiger partial charge in [-0.25, -0.2) is 9.37 Å². The Balaban J connectivity index is 1.77. The second kappa shape index (κ2) is 6.53. The molecule has 0 saturated carbocycles. The van der Waals surface area contributed by atoms with Gasteiger partial charge in [0.2, 0.25) is 0 Å². The molecule has 6 heteroatoms. The molecule has 0 spiro atoms. The molecule has 0 amide bonds. The third kappa shape index (κ3) is 3.08. The topological polar surface area (TPSA) is 52.2 Å².